The first-order chi connectivity index (χ1) is 4.08. The van der Waals surface area contributed by atoms with E-state index in [1.807, 2.05) is 13.1 Å². The summed E-state index contributed by atoms with van der Waals surface area (Å²) in [5.74, 6) is -0.119. The van der Waals surface area contributed by atoms with Crippen molar-refractivity contribution in [2.75, 3.05) is 0 Å². The number of carbonyl (C=O) groups is 1. The summed E-state index contributed by atoms with van der Waals surface area (Å²) in [4.78, 5) is 10.7. The number of amides is 1. The normalized spacial score (nSPS) is 21.3. The smallest absolute Gasteiger partial charge is 0.294 e. The first-order valence-electron chi connectivity index (χ1n) is 2.73. The fourth-order valence-electron chi connectivity index (χ4n) is 0.596. The quantitative estimate of drug-likeness (QED) is 0.307. The summed E-state index contributed by atoms with van der Waals surface area (Å²) in [5, 5.41) is 0. The SMILES string of the molecule is C=CC(=O)N1O[Si]1(C)C. The fraction of sp³-hybridized carbons (Fsp3) is 0.400. The maximum atomic E-state index is 10.7. The lowest BCUT2D eigenvalue weighted by molar-refractivity contribution is -0.126. The van der Waals surface area contributed by atoms with Gasteiger partial charge < -0.3 is 0 Å². The number of hydrogen-bond acceptors (Lipinski definition) is 2. The molecule has 0 aromatic rings. The van der Waals surface area contributed by atoms with Gasteiger partial charge in [0.2, 0.25) is 0 Å². The van der Waals surface area contributed by atoms with E-state index in [-0.39, 0.29) is 5.91 Å². The molecule has 0 spiro atoms. The standard InChI is InChI=1S/C5H9NO2Si/c1-4-5(7)6-8-9(6,2)3/h4H,1H2,2-3H3. The van der Waals surface area contributed by atoms with Crippen molar-refractivity contribution in [1.29, 1.82) is 0 Å². The van der Waals surface area contributed by atoms with Crippen molar-refractivity contribution in [1.82, 2.24) is 4.73 Å². The number of rotatable bonds is 1. The summed E-state index contributed by atoms with van der Waals surface area (Å²) in [7, 11) is -1.66. The predicted molar refractivity (Wildman–Crippen MR) is 35.6 cm³/mol. The molecule has 1 amide bonds. The van der Waals surface area contributed by atoms with E-state index in [0.29, 0.717) is 0 Å². The van der Waals surface area contributed by atoms with E-state index >= 15 is 0 Å². The minimum atomic E-state index is -1.66. The third-order valence-electron chi connectivity index (χ3n) is 1.15. The topological polar surface area (TPSA) is 32.6 Å². The van der Waals surface area contributed by atoms with Gasteiger partial charge in [0.1, 0.15) is 0 Å². The first-order valence-corrected chi connectivity index (χ1v) is 5.59. The van der Waals surface area contributed by atoms with Crippen molar-refractivity contribution < 1.29 is 9.32 Å². The van der Waals surface area contributed by atoms with Gasteiger partial charge in [0.15, 0.2) is 0 Å². The van der Waals surface area contributed by atoms with Crippen molar-refractivity contribution in [2.24, 2.45) is 0 Å². The van der Waals surface area contributed by atoms with Crippen LogP contribution < -0.4 is 0 Å². The van der Waals surface area contributed by atoms with Crippen LogP contribution in [0.5, 0.6) is 0 Å². The largest absolute Gasteiger partial charge is 0.352 e. The molecule has 0 aromatic carbocycles. The maximum Gasteiger partial charge on any atom is 0.352 e. The molecule has 9 heavy (non-hydrogen) atoms. The van der Waals surface area contributed by atoms with Crippen molar-refractivity contribution in [3.8, 4) is 0 Å². The van der Waals surface area contributed by atoms with E-state index in [1.54, 1.807) is 0 Å². The van der Waals surface area contributed by atoms with Crippen molar-refractivity contribution in [3.05, 3.63) is 12.7 Å². The lowest BCUT2D eigenvalue weighted by atomic mass is 10.6. The molecule has 0 aliphatic carbocycles. The average molecular weight is 143 g/mol. The van der Waals surface area contributed by atoms with Crippen LogP contribution in [0.3, 0.4) is 0 Å². The van der Waals surface area contributed by atoms with Crippen LogP contribution >= 0.6 is 0 Å². The molecule has 0 unspecified atom stereocenters. The average Bonchev–Trinajstić information content (AvgIpc) is 2.38. The lowest BCUT2D eigenvalue weighted by Gasteiger charge is -1.90. The summed E-state index contributed by atoms with van der Waals surface area (Å²) in [6.07, 6.45) is 1.27. The Morgan fingerprint density at radius 2 is 2.22 bits per heavy atom. The molecule has 0 saturated carbocycles. The minimum absolute atomic E-state index is 0.119. The zero-order valence-electron chi connectivity index (χ0n) is 5.55. The molecule has 0 atom stereocenters. The van der Waals surface area contributed by atoms with E-state index in [9.17, 15) is 4.79 Å². The van der Waals surface area contributed by atoms with Crippen LogP contribution in [-0.4, -0.2) is 19.1 Å². The van der Waals surface area contributed by atoms with Gasteiger partial charge in [-0.15, -0.1) is 0 Å². The molecule has 1 aliphatic rings. The molecule has 0 aromatic heterocycles. The van der Waals surface area contributed by atoms with Gasteiger partial charge in [-0.2, -0.15) is 0 Å². The molecule has 3 nitrogen and oxygen atoms in total. The molecule has 0 bridgehead atoms. The summed E-state index contributed by atoms with van der Waals surface area (Å²) >= 11 is 0. The first kappa shape index (κ1) is 6.51. The Balaban J connectivity index is 2.52. The highest BCUT2D eigenvalue weighted by molar-refractivity contribution is 6.77. The van der Waals surface area contributed by atoms with Gasteiger partial charge in [-0.1, -0.05) is 6.58 Å². The highest BCUT2D eigenvalue weighted by Gasteiger charge is 2.52. The molecule has 1 fully saturated rings. The third-order valence-corrected chi connectivity index (χ3v) is 2.91. The number of hydrogen-bond donors (Lipinski definition) is 0. The zero-order valence-corrected chi connectivity index (χ0v) is 6.55. The van der Waals surface area contributed by atoms with Crippen LogP contribution in [0.15, 0.2) is 12.7 Å². The minimum Gasteiger partial charge on any atom is -0.294 e. The second-order valence-corrected chi connectivity index (χ2v) is 5.86. The molecule has 50 valence electrons. The molecular formula is C5H9NO2Si. The van der Waals surface area contributed by atoms with Crippen LogP contribution in [0.25, 0.3) is 0 Å². The van der Waals surface area contributed by atoms with Gasteiger partial charge in [0.05, 0.1) is 0 Å². The van der Waals surface area contributed by atoms with Gasteiger partial charge in [0, 0.05) is 0 Å². The summed E-state index contributed by atoms with van der Waals surface area (Å²) < 4.78 is 6.43. The van der Waals surface area contributed by atoms with Gasteiger partial charge in [-0.3, -0.25) is 9.32 Å². The van der Waals surface area contributed by atoms with Crippen LogP contribution in [0.2, 0.25) is 13.1 Å². The highest BCUT2D eigenvalue weighted by Crippen LogP contribution is 2.28. The van der Waals surface area contributed by atoms with Gasteiger partial charge in [0.25, 0.3) is 5.91 Å². The molecule has 1 aliphatic heterocycles. The Morgan fingerprint density at radius 1 is 1.78 bits per heavy atom. The summed E-state index contributed by atoms with van der Waals surface area (Å²) in [6, 6.07) is 0. The van der Waals surface area contributed by atoms with E-state index in [1.165, 1.54) is 10.8 Å². The number of carbonyl (C=O) groups excluding carboxylic acids is 1. The van der Waals surface area contributed by atoms with E-state index in [2.05, 4.69) is 6.58 Å². The molecule has 4 heteroatoms. The predicted octanol–water partition coefficient (Wildman–Crippen LogP) is 0.648. The van der Waals surface area contributed by atoms with Crippen LogP contribution in [0, 0.1) is 0 Å². The zero-order chi connectivity index (χ0) is 7.07. The Bertz CT molecular complexity index is 166. The lowest BCUT2D eigenvalue weighted by Crippen LogP contribution is -2.19. The van der Waals surface area contributed by atoms with E-state index in [0.717, 1.165) is 0 Å². The van der Waals surface area contributed by atoms with Gasteiger partial charge in [-0.25, -0.2) is 4.73 Å². The van der Waals surface area contributed by atoms with Crippen molar-refractivity contribution >= 4 is 14.4 Å². The van der Waals surface area contributed by atoms with Crippen LogP contribution in [0.4, 0.5) is 0 Å². The highest BCUT2D eigenvalue weighted by atomic mass is 28.4. The fourth-order valence-corrected chi connectivity index (χ4v) is 2.26. The van der Waals surface area contributed by atoms with E-state index in [4.69, 9.17) is 4.53 Å². The summed E-state index contributed by atoms with van der Waals surface area (Å²) in [6.45, 7) is 7.24. The van der Waals surface area contributed by atoms with E-state index < -0.39 is 8.48 Å². The monoisotopic (exact) mass is 143 g/mol. The molecule has 0 radical (unpaired) electrons. The van der Waals surface area contributed by atoms with Gasteiger partial charge in [-0.05, 0) is 19.2 Å². The molecule has 1 rings (SSSR count). The molecule has 0 N–H and O–H groups in total. The molecule has 1 saturated heterocycles. The van der Waals surface area contributed by atoms with Crippen molar-refractivity contribution in [2.45, 2.75) is 13.1 Å². The Kier molecular flexibility index (Phi) is 1.22. The van der Waals surface area contributed by atoms with Crippen molar-refractivity contribution in [3.63, 3.8) is 0 Å². The second kappa shape index (κ2) is 1.68. The third kappa shape index (κ3) is 1.04. The van der Waals surface area contributed by atoms with Gasteiger partial charge >= 0.3 is 8.48 Å². The summed E-state index contributed by atoms with van der Waals surface area (Å²) in [5.41, 5.74) is 0. The molecule has 1 heterocycles. The van der Waals surface area contributed by atoms with Crippen LogP contribution in [0.1, 0.15) is 0 Å². The molecular weight excluding hydrogens is 134 g/mol. The Hall–Kier alpha value is -0.613. The Labute approximate surface area is 55.1 Å². The van der Waals surface area contributed by atoms with Crippen LogP contribution in [-0.2, 0) is 9.32 Å². The Morgan fingerprint density at radius 3 is 2.33 bits per heavy atom. The second-order valence-electron chi connectivity index (χ2n) is 2.37. The number of hydroxylamine groups is 1. The maximum absolute atomic E-state index is 10.7. The number of nitrogens with zero attached hydrogens (tertiary/aromatic N) is 1.